The molecular weight excluding hydrogens is 392 g/mol. The Morgan fingerprint density at radius 3 is 2.58 bits per heavy atom. The third kappa shape index (κ3) is 3.95. The maximum atomic E-state index is 12.8. The SMILES string of the molecule is C=CCNC(=O)c1c(N)n(N=Cc2ccc(OCC)cc2)c2nc3ccccc3nc12. The number of nitrogens with zero attached hydrogens (tertiary/aromatic N) is 4. The number of amides is 1. The van der Waals surface area contributed by atoms with Gasteiger partial charge in [-0.1, -0.05) is 18.2 Å². The summed E-state index contributed by atoms with van der Waals surface area (Å²) in [6, 6.07) is 14.9. The van der Waals surface area contributed by atoms with Crippen molar-refractivity contribution < 1.29 is 9.53 Å². The molecule has 2 aromatic heterocycles. The molecule has 0 fully saturated rings. The van der Waals surface area contributed by atoms with Crippen LogP contribution in [-0.4, -0.2) is 39.9 Å². The lowest BCUT2D eigenvalue weighted by atomic mass is 10.2. The molecule has 0 bridgehead atoms. The Labute approximate surface area is 179 Å². The molecule has 0 aliphatic rings. The van der Waals surface area contributed by atoms with E-state index in [1.54, 1.807) is 12.3 Å². The lowest BCUT2D eigenvalue weighted by molar-refractivity contribution is 0.0960. The van der Waals surface area contributed by atoms with E-state index in [1.807, 2.05) is 55.5 Å². The number of nitrogens with two attached hydrogens (primary N) is 1. The van der Waals surface area contributed by atoms with E-state index in [9.17, 15) is 4.79 Å². The van der Waals surface area contributed by atoms with Crippen molar-refractivity contribution in [2.45, 2.75) is 6.92 Å². The number of carbonyl (C=O) groups excluding carboxylic acids is 1. The second kappa shape index (κ2) is 8.66. The van der Waals surface area contributed by atoms with Crippen LogP contribution < -0.4 is 15.8 Å². The molecule has 8 nitrogen and oxygen atoms in total. The van der Waals surface area contributed by atoms with Gasteiger partial charge in [0.15, 0.2) is 5.65 Å². The number of hydrogen-bond donors (Lipinski definition) is 2. The number of anilines is 1. The van der Waals surface area contributed by atoms with Crippen molar-refractivity contribution in [1.29, 1.82) is 0 Å². The predicted molar refractivity (Wildman–Crippen MR) is 123 cm³/mol. The highest BCUT2D eigenvalue weighted by atomic mass is 16.5. The molecule has 4 aromatic rings. The van der Waals surface area contributed by atoms with Crippen LogP contribution >= 0.6 is 0 Å². The van der Waals surface area contributed by atoms with Gasteiger partial charge in [0.25, 0.3) is 5.91 Å². The number of aromatic nitrogens is 3. The molecule has 0 radical (unpaired) electrons. The molecule has 2 heterocycles. The van der Waals surface area contributed by atoms with Crippen molar-refractivity contribution >= 4 is 40.1 Å². The number of hydrogen-bond acceptors (Lipinski definition) is 6. The monoisotopic (exact) mass is 414 g/mol. The molecule has 1 amide bonds. The fraction of sp³-hybridized carbons (Fsp3) is 0.130. The maximum Gasteiger partial charge on any atom is 0.257 e. The third-order valence-electron chi connectivity index (χ3n) is 4.62. The van der Waals surface area contributed by atoms with Crippen molar-refractivity contribution in [3.05, 3.63) is 72.3 Å². The van der Waals surface area contributed by atoms with E-state index in [-0.39, 0.29) is 17.3 Å². The van der Waals surface area contributed by atoms with Gasteiger partial charge < -0.3 is 15.8 Å². The quantitative estimate of drug-likeness (QED) is 0.356. The first-order chi connectivity index (χ1) is 15.1. The molecular formula is C23H22N6O2. The summed E-state index contributed by atoms with van der Waals surface area (Å²) in [6.07, 6.45) is 3.24. The average molecular weight is 414 g/mol. The van der Waals surface area contributed by atoms with Gasteiger partial charge in [0.2, 0.25) is 0 Å². The number of carbonyl (C=O) groups is 1. The zero-order chi connectivity index (χ0) is 21.8. The standard InChI is InChI=1S/C23H22N6O2/c1-3-13-25-23(30)19-20-22(28-18-8-6-5-7-17(18)27-20)29(21(19)24)26-14-15-9-11-16(12-10-15)31-4-2/h3,5-12,14H,1,4,13,24H2,2H3,(H,25,30). The summed E-state index contributed by atoms with van der Waals surface area (Å²) in [5.41, 5.74) is 9.57. The predicted octanol–water partition coefficient (Wildman–Crippen LogP) is 3.36. The van der Waals surface area contributed by atoms with Crippen LogP contribution in [0.1, 0.15) is 22.8 Å². The van der Waals surface area contributed by atoms with E-state index in [0.29, 0.717) is 35.3 Å². The van der Waals surface area contributed by atoms with Gasteiger partial charge in [0.05, 0.1) is 23.9 Å². The molecule has 0 aliphatic carbocycles. The molecule has 0 aliphatic heterocycles. The fourth-order valence-corrected chi connectivity index (χ4v) is 3.18. The van der Waals surface area contributed by atoms with Crippen molar-refractivity contribution in [2.24, 2.45) is 5.10 Å². The first-order valence-corrected chi connectivity index (χ1v) is 9.85. The summed E-state index contributed by atoms with van der Waals surface area (Å²) in [7, 11) is 0. The second-order valence-corrected chi connectivity index (χ2v) is 6.70. The summed E-state index contributed by atoms with van der Waals surface area (Å²) in [4.78, 5) is 22.1. The highest BCUT2D eigenvalue weighted by Gasteiger charge is 2.23. The number of fused-ring (bicyclic) bond motifs is 2. The molecule has 0 saturated carbocycles. The number of nitrogens with one attached hydrogen (secondary N) is 1. The van der Waals surface area contributed by atoms with Gasteiger partial charge in [-0.05, 0) is 48.9 Å². The molecule has 3 N–H and O–H groups in total. The minimum atomic E-state index is -0.359. The summed E-state index contributed by atoms with van der Waals surface area (Å²) >= 11 is 0. The van der Waals surface area contributed by atoms with Crippen LogP contribution in [0.3, 0.4) is 0 Å². The van der Waals surface area contributed by atoms with Crippen molar-refractivity contribution in [3.8, 4) is 5.75 Å². The Kier molecular flexibility index (Phi) is 5.61. The lowest BCUT2D eigenvalue weighted by Gasteiger charge is -2.03. The van der Waals surface area contributed by atoms with Gasteiger partial charge in [-0.3, -0.25) is 4.79 Å². The molecule has 4 rings (SSSR count). The first kappa shape index (κ1) is 20.1. The van der Waals surface area contributed by atoms with Gasteiger partial charge >= 0.3 is 0 Å². The zero-order valence-electron chi connectivity index (χ0n) is 17.1. The van der Waals surface area contributed by atoms with Crippen LogP contribution in [0, 0.1) is 0 Å². The molecule has 0 saturated heterocycles. The van der Waals surface area contributed by atoms with Crippen molar-refractivity contribution in [2.75, 3.05) is 18.9 Å². The summed E-state index contributed by atoms with van der Waals surface area (Å²) in [5, 5.41) is 7.24. The van der Waals surface area contributed by atoms with E-state index in [4.69, 9.17) is 10.5 Å². The first-order valence-electron chi connectivity index (χ1n) is 9.85. The third-order valence-corrected chi connectivity index (χ3v) is 4.62. The Morgan fingerprint density at radius 1 is 1.19 bits per heavy atom. The minimum Gasteiger partial charge on any atom is -0.494 e. The lowest BCUT2D eigenvalue weighted by Crippen LogP contribution is -2.24. The number of benzene rings is 2. The van der Waals surface area contributed by atoms with Crippen molar-refractivity contribution in [1.82, 2.24) is 20.0 Å². The smallest absolute Gasteiger partial charge is 0.257 e. The molecule has 0 atom stereocenters. The maximum absolute atomic E-state index is 12.8. The van der Waals surface area contributed by atoms with Gasteiger partial charge in [0, 0.05) is 6.54 Å². The van der Waals surface area contributed by atoms with Crippen LogP contribution in [0.15, 0.2) is 66.3 Å². The van der Waals surface area contributed by atoms with E-state index < -0.39 is 0 Å². The molecule has 0 spiro atoms. The van der Waals surface area contributed by atoms with E-state index in [0.717, 1.165) is 11.3 Å². The summed E-state index contributed by atoms with van der Waals surface area (Å²) in [6.45, 7) is 6.47. The normalized spacial score (nSPS) is 11.3. The minimum absolute atomic E-state index is 0.161. The summed E-state index contributed by atoms with van der Waals surface area (Å²) < 4.78 is 6.90. The van der Waals surface area contributed by atoms with E-state index in [2.05, 4.69) is 27.0 Å². The zero-order valence-corrected chi connectivity index (χ0v) is 17.1. The van der Waals surface area contributed by atoms with Gasteiger partial charge in [-0.15, -0.1) is 6.58 Å². The number of ether oxygens (including phenoxy) is 1. The molecule has 31 heavy (non-hydrogen) atoms. The molecule has 2 aromatic carbocycles. The highest BCUT2D eigenvalue weighted by Crippen LogP contribution is 2.27. The van der Waals surface area contributed by atoms with Crippen LogP contribution in [0.25, 0.3) is 22.2 Å². The Bertz CT molecular complexity index is 1290. The molecule has 8 heteroatoms. The fourth-order valence-electron chi connectivity index (χ4n) is 3.18. The Hall–Kier alpha value is -4.20. The topological polar surface area (TPSA) is 107 Å². The van der Waals surface area contributed by atoms with Crippen LogP contribution in [0.4, 0.5) is 5.82 Å². The number of nitrogen functional groups attached to an aromatic ring is 1. The Balaban J connectivity index is 1.83. The van der Waals surface area contributed by atoms with Gasteiger partial charge in [0.1, 0.15) is 22.6 Å². The average Bonchev–Trinajstić information content (AvgIpc) is 3.05. The largest absolute Gasteiger partial charge is 0.494 e. The second-order valence-electron chi connectivity index (χ2n) is 6.70. The van der Waals surface area contributed by atoms with E-state index in [1.165, 1.54) is 4.68 Å². The summed E-state index contributed by atoms with van der Waals surface area (Å²) in [5.74, 6) is 0.583. The number of para-hydroxylation sites is 2. The van der Waals surface area contributed by atoms with Crippen molar-refractivity contribution in [3.63, 3.8) is 0 Å². The van der Waals surface area contributed by atoms with Gasteiger partial charge in [-0.25, -0.2) is 9.97 Å². The van der Waals surface area contributed by atoms with E-state index >= 15 is 0 Å². The Morgan fingerprint density at radius 2 is 1.90 bits per heavy atom. The van der Waals surface area contributed by atoms with Gasteiger partial charge in [-0.2, -0.15) is 9.78 Å². The van der Waals surface area contributed by atoms with Crippen LogP contribution in [0.5, 0.6) is 5.75 Å². The number of rotatable bonds is 7. The molecule has 156 valence electrons. The highest BCUT2D eigenvalue weighted by molar-refractivity contribution is 6.10. The molecule has 0 unspecified atom stereocenters. The van der Waals surface area contributed by atoms with Crippen LogP contribution in [0.2, 0.25) is 0 Å². The van der Waals surface area contributed by atoms with Crippen LogP contribution in [-0.2, 0) is 0 Å².